The van der Waals surface area contributed by atoms with Gasteiger partial charge in [0.25, 0.3) is 0 Å². The van der Waals surface area contributed by atoms with Gasteiger partial charge in [-0.2, -0.15) is 0 Å². The summed E-state index contributed by atoms with van der Waals surface area (Å²) in [6, 6.07) is 5.45. The number of nitrogens with one attached hydrogen (secondary N) is 3. The molecule has 0 saturated heterocycles. The van der Waals surface area contributed by atoms with Gasteiger partial charge >= 0.3 is 0 Å². The van der Waals surface area contributed by atoms with Gasteiger partial charge in [0.2, 0.25) is 5.91 Å². The van der Waals surface area contributed by atoms with E-state index in [0.717, 1.165) is 48.7 Å². The minimum atomic E-state index is -0.367. The Morgan fingerprint density at radius 2 is 2.33 bits per heavy atom. The standard InChI is InChI=1S/C16H19N7O/c24-16(15-14-11(6-8-17-15)19-10-20-14)18-7-3-5-13-22-21-12-4-1-2-9-23(12)13/h1-2,4,9-10,15,17H,3,5-8H2,(H,18,24)(H,19,20). The van der Waals surface area contributed by atoms with Gasteiger partial charge in [-0.3, -0.25) is 9.20 Å². The number of nitrogens with zero attached hydrogens (tertiary/aromatic N) is 4. The second-order valence-electron chi connectivity index (χ2n) is 5.84. The molecule has 0 aliphatic carbocycles. The Morgan fingerprint density at radius 3 is 3.29 bits per heavy atom. The Labute approximate surface area is 138 Å². The lowest BCUT2D eigenvalue weighted by Gasteiger charge is -2.22. The largest absolute Gasteiger partial charge is 0.354 e. The van der Waals surface area contributed by atoms with Gasteiger partial charge in [0.15, 0.2) is 5.65 Å². The molecule has 1 aliphatic heterocycles. The summed E-state index contributed by atoms with van der Waals surface area (Å²) >= 11 is 0. The number of hydrogen-bond acceptors (Lipinski definition) is 5. The number of carbonyl (C=O) groups excluding carboxylic acids is 1. The Morgan fingerprint density at radius 1 is 1.38 bits per heavy atom. The van der Waals surface area contributed by atoms with E-state index < -0.39 is 0 Å². The molecular weight excluding hydrogens is 306 g/mol. The highest BCUT2D eigenvalue weighted by Crippen LogP contribution is 2.19. The molecule has 0 fully saturated rings. The lowest BCUT2D eigenvalue weighted by molar-refractivity contribution is -0.123. The van der Waals surface area contributed by atoms with Crippen molar-refractivity contribution in [3.63, 3.8) is 0 Å². The summed E-state index contributed by atoms with van der Waals surface area (Å²) in [4.78, 5) is 19.7. The average molecular weight is 325 g/mol. The number of aromatic nitrogens is 5. The topological polar surface area (TPSA) is 100 Å². The number of aromatic amines is 1. The molecule has 3 N–H and O–H groups in total. The summed E-state index contributed by atoms with van der Waals surface area (Å²) in [6.45, 7) is 1.37. The first-order valence-corrected chi connectivity index (χ1v) is 8.15. The Balaban J connectivity index is 1.31. The van der Waals surface area contributed by atoms with Crippen molar-refractivity contribution >= 4 is 11.6 Å². The zero-order chi connectivity index (χ0) is 16.4. The van der Waals surface area contributed by atoms with E-state index >= 15 is 0 Å². The number of pyridine rings is 1. The van der Waals surface area contributed by atoms with Crippen LogP contribution in [0.2, 0.25) is 0 Å². The molecule has 1 amide bonds. The summed E-state index contributed by atoms with van der Waals surface area (Å²) in [6.07, 6.45) is 6.04. The molecule has 8 heteroatoms. The van der Waals surface area contributed by atoms with Gasteiger partial charge in [0.05, 0.1) is 12.0 Å². The molecular formula is C16H19N7O. The minimum Gasteiger partial charge on any atom is -0.354 e. The van der Waals surface area contributed by atoms with Crippen LogP contribution < -0.4 is 10.6 Å². The molecule has 0 bridgehead atoms. The van der Waals surface area contributed by atoms with Gasteiger partial charge in [-0.15, -0.1) is 10.2 Å². The van der Waals surface area contributed by atoms with Crippen molar-refractivity contribution in [1.82, 2.24) is 35.2 Å². The number of imidazole rings is 1. The first kappa shape index (κ1) is 14.8. The SMILES string of the molecule is O=C(NCCCc1nnc2ccccn12)C1NCCc2[nH]cnc21. The summed E-state index contributed by atoms with van der Waals surface area (Å²) in [5.41, 5.74) is 2.69. The van der Waals surface area contributed by atoms with E-state index in [0.29, 0.717) is 6.54 Å². The highest BCUT2D eigenvalue weighted by molar-refractivity contribution is 5.83. The Kier molecular flexibility index (Phi) is 3.96. The first-order chi connectivity index (χ1) is 11.8. The predicted molar refractivity (Wildman–Crippen MR) is 87.4 cm³/mol. The quantitative estimate of drug-likeness (QED) is 0.589. The molecule has 0 saturated carbocycles. The number of rotatable bonds is 5. The zero-order valence-corrected chi connectivity index (χ0v) is 13.2. The van der Waals surface area contributed by atoms with Crippen molar-refractivity contribution in [3.8, 4) is 0 Å². The number of amides is 1. The van der Waals surface area contributed by atoms with Gasteiger partial charge in [-0.05, 0) is 18.6 Å². The molecule has 1 atom stereocenters. The van der Waals surface area contributed by atoms with Gasteiger partial charge < -0.3 is 15.6 Å². The summed E-state index contributed by atoms with van der Waals surface area (Å²) in [5, 5.41) is 14.5. The smallest absolute Gasteiger partial charge is 0.243 e. The van der Waals surface area contributed by atoms with Crippen LogP contribution in [0.3, 0.4) is 0 Å². The van der Waals surface area contributed by atoms with E-state index in [-0.39, 0.29) is 11.9 Å². The highest BCUT2D eigenvalue weighted by atomic mass is 16.2. The van der Waals surface area contributed by atoms with Crippen molar-refractivity contribution in [2.45, 2.75) is 25.3 Å². The number of carbonyl (C=O) groups is 1. The molecule has 0 radical (unpaired) electrons. The van der Waals surface area contributed by atoms with Gasteiger partial charge in [-0.25, -0.2) is 4.98 Å². The molecule has 0 aromatic carbocycles. The molecule has 24 heavy (non-hydrogen) atoms. The fraction of sp³-hybridized carbons (Fsp3) is 0.375. The average Bonchev–Trinajstić information content (AvgIpc) is 3.25. The second kappa shape index (κ2) is 6.40. The van der Waals surface area contributed by atoms with Gasteiger partial charge in [0.1, 0.15) is 11.9 Å². The Bertz CT molecular complexity index is 853. The predicted octanol–water partition coefficient (Wildman–Crippen LogP) is 0.388. The van der Waals surface area contributed by atoms with E-state index in [4.69, 9.17) is 0 Å². The summed E-state index contributed by atoms with van der Waals surface area (Å²) in [5.74, 6) is 0.874. The number of H-pyrrole nitrogens is 1. The normalized spacial score (nSPS) is 16.9. The number of fused-ring (bicyclic) bond motifs is 2. The van der Waals surface area contributed by atoms with Crippen LogP contribution in [0, 0.1) is 0 Å². The molecule has 3 aromatic heterocycles. The maximum absolute atomic E-state index is 12.4. The van der Waals surface area contributed by atoms with Crippen LogP contribution >= 0.6 is 0 Å². The maximum Gasteiger partial charge on any atom is 0.243 e. The summed E-state index contributed by atoms with van der Waals surface area (Å²) in [7, 11) is 0. The van der Waals surface area contributed by atoms with E-state index in [1.807, 2.05) is 28.8 Å². The van der Waals surface area contributed by atoms with E-state index in [1.54, 1.807) is 6.33 Å². The maximum atomic E-state index is 12.4. The third-order valence-corrected chi connectivity index (χ3v) is 4.27. The molecule has 1 aliphatic rings. The fourth-order valence-electron chi connectivity index (χ4n) is 3.06. The number of aryl methyl sites for hydroxylation is 1. The fourth-order valence-corrected chi connectivity index (χ4v) is 3.06. The Hall–Kier alpha value is -2.74. The van der Waals surface area contributed by atoms with Crippen molar-refractivity contribution < 1.29 is 4.79 Å². The molecule has 4 rings (SSSR count). The van der Waals surface area contributed by atoms with Crippen LogP contribution in [0.5, 0.6) is 0 Å². The lowest BCUT2D eigenvalue weighted by Crippen LogP contribution is -2.41. The molecule has 0 spiro atoms. The molecule has 4 heterocycles. The molecule has 124 valence electrons. The van der Waals surface area contributed by atoms with Crippen LogP contribution in [-0.4, -0.2) is 43.6 Å². The first-order valence-electron chi connectivity index (χ1n) is 8.15. The lowest BCUT2D eigenvalue weighted by atomic mass is 10.1. The summed E-state index contributed by atoms with van der Waals surface area (Å²) < 4.78 is 1.97. The van der Waals surface area contributed by atoms with Gasteiger partial charge in [0, 0.05) is 37.8 Å². The molecule has 1 unspecified atom stereocenters. The van der Waals surface area contributed by atoms with E-state index in [9.17, 15) is 4.79 Å². The molecule has 3 aromatic rings. The molecule has 8 nitrogen and oxygen atoms in total. The monoisotopic (exact) mass is 325 g/mol. The third-order valence-electron chi connectivity index (χ3n) is 4.27. The minimum absolute atomic E-state index is 0.0332. The van der Waals surface area contributed by atoms with Crippen LogP contribution in [0.1, 0.15) is 29.7 Å². The van der Waals surface area contributed by atoms with Crippen molar-refractivity contribution in [2.75, 3.05) is 13.1 Å². The van der Waals surface area contributed by atoms with E-state index in [1.165, 1.54) is 0 Å². The van der Waals surface area contributed by atoms with Crippen LogP contribution in [0.4, 0.5) is 0 Å². The zero-order valence-electron chi connectivity index (χ0n) is 13.2. The van der Waals surface area contributed by atoms with Crippen molar-refractivity contribution in [2.24, 2.45) is 0 Å². The van der Waals surface area contributed by atoms with Gasteiger partial charge in [-0.1, -0.05) is 6.07 Å². The third kappa shape index (κ3) is 2.76. The number of hydrogen-bond donors (Lipinski definition) is 3. The second-order valence-corrected chi connectivity index (χ2v) is 5.84. The van der Waals surface area contributed by atoms with Crippen LogP contribution in [0.15, 0.2) is 30.7 Å². The van der Waals surface area contributed by atoms with Crippen molar-refractivity contribution in [3.05, 3.63) is 47.9 Å². The van der Waals surface area contributed by atoms with Crippen LogP contribution in [0.25, 0.3) is 5.65 Å². The highest BCUT2D eigenvalue weighted by Gasteiger charge is 2.27. The van der Waals surface area contributed by atoms with Crippen molar-refractivity contribution in [1.29, 1.82) is 0 Å². The van der Waals surface area contributed by atoms with E-state index in [2.05, 4.69) is 30.8 Å². The van der Waals surface area contributed by atoms with Crippen LogP contribution in [-0.2, 0) is 17.6 Å².